The summed E-state index contributed by atoms with van der Waals surface area (Å²) in [5.74, 6) is -1.58. The summed E-state index contributed by atoms with van der Waals surface area (Å²) in [7, 11) is 0. The molecule has 1 heterocycles. The molecular formula is C13H14N2O5. The van der Waals surface area contributed by atoms with Crippen molar-refractivity contribution in [3.8, 4) is 0 Å². The Labute approximate surface area is 115 Å². The summed E-state index contributed by atoms with van der Waals surface area (Å²) in [6, 6.07) is 8.21. The van der Waals surface area contributed by atoms with Crippen LogP contribution in [0.5, 0.6) is 0 Å². The van der Waals surface area contributed by atoms with Crippen molar-refractivity contribution < 1.29 is 24.2 Å². The second-order valence-corrected chi connectivity index (χ2v) is 4.37. The second kappa shape index (κ2) is 6.05. The molecule has 1 aliphatic heterocycles. The minimum atomic E-state index is -1.11. The van der Waals surface area contributed by atoms with Gasteiger partial charge >= 0.3 is 12.1 Å². The van der Waals surface area contributed by atoms with Crippen LogP contribution in [0.15, 0.2) is 30.3 Å². The topological polar surface area (TPSA) is 95.9 Å². The van der Waals surface area contributed by atoms with Crippen molar-refractivity contribution in [2.24, 2.45) is 0 Å². The lowest BCUT2D eigenvalue weighted by Crippen LogP contribution is -2.47. The Bertz CT molecular complexity index is 517. The number of cyclic esters (lactones) is 1. The van der Waals surface area contributed by atoms with E-state index in [-0.39, 0.29) is 13.2 Å². The number of carbonyl (C=O) groups is 3. The van der Waals surface area contributed by atoms with Gasteiger partial charge in [0, 0.05) is 6.54 Å². The molecule has 0 aliphatic carbocycles. The number of alkyl carbamates (subject to hydrolysis) is 1. The van der Waals surface area contributed by atoms with E-state index in [4.69, 9.17) is 5.11 Å². The molecule has 1 atom stereocenters. The molecule has 1 aliphatic rings. The van der Waals surface area contributed by atoms with Crippen molar-refractivity contribution in [2.75, 3.05) is 13.2 Å². The van der Waals surface area contributed by atoms with Crippen LogP contribution in [0.2, 0.25) is 0 Å². The average molecular weight is 278 g/mol. The minimum Gasteiger partial charge on any atom is -0.480 e. The number of nitrogens with zero attached hydrogens (tertiary/aromatic N) is 1. The monoisotopic (exact) mass is 278 g/mol. The zero-order chi connectivity index (χ0) is 14.5. The maximum Gasteiger partial charge on any atom is 0.407 e. The van der Waals surface area contributed by atoms with Crippen LogP contribution in [0.3, 0.4) is 0 Å². The van der Waals surface area contributed by atoms with Gasteiger partial charge in [0.25, 0.3) is 0 Å². The molecule has 2 rings (SSSR count). The molecule has 106 valence electrons. The number of carboxylic acids is 1. The number of amides is 2. The number of carboxylic acid groups (broad SMARTS) is 1. The molecule has 2 N–H and O–H groups in total. The van der Waals surface area contributed by atoms with Gasteiger partial charge in [-0.25, -0.2) is 4.79 Å². The third-order valence-corrected chi connectivity index (χ3v) is 2.83. The lowest BCUT2D eigenvalue weighted by molar-refractivity contribution is -0.145. The number of ether oxygens (including phenoxy) is 1. The molecule has 0 aromatic heterocycles. The molecule has 0 bridgehead atoms. The van der Waals surface area contributed by atoms with Crippen molar-refractivity contribution in [3.63, 3.8) is 0 Å². The van der Waals surface area contributed by atoms with Crippen LogP contribution in [-0.4, -0.2) is 47.2 Å². The molecule has 20 heavy (non-hydrogen) atoms. The Morgan fingerprint density at radius 1 is 1.35 bits per heavy atom. The Kier molecular flexibility index (Phi) is 4.19. The fourth-order valence-corrected chi connectivity index (χ4v) is 1.92. The molecular weight excluding hydrogens is 264 g/mol. The molecule has 7 heteroatoms. The third-order valence-electron chi connectivity index (χ3n) is 2.83. The van der Waals surface area contributed by atoms with Crippen LogP contribution in [0.25, 0.3) is 0 Å². The van der Waals surface area contributed by atoms with Gasteiger partial charge in [0.05, 0.1) is 0 Å². The van der Waals surface area contributed by atoms with Gasteiger partial charge in [0.2, 0.25) is 5.91 Å². The number of hydrogen-bond donors (Lipinski definition) is 2. The van der Waals surface area contributed by atoms with E-state index in [1.807, 2.05) is 6.07 Å². The van der Waals surface area contributed by atoms with Crippen LogP contribution >= 0.6 is 0 Å². The summed E-state index contributed by atoms with van der Waals surface area (Å²) >= 11 is 0. The summed E-state index contributed by atoms with van der Waals surface area (Å²) in [6.07, 6.45) is -0.668. The zero-order valence-electron chi connectivity index (χ0n) is 10.6. The van der Waals surface area contributed by atoms with E-state index in [9.17, 15) is 14.4 Å². The number of rotatable bonds is 5. The largest absolute Gasteiger partial charge is 0.480 e. The van der Waals surface area contributed by atoms with Crippen molar-refractivity contribution in [2.45, 2.75) is 12.6 Å². The first-order chi connectivity index (χ1) is 9.56. The highest BCUT2D eigenvalue weighted by Crippen LogP contribution is 2.09. The Balaban J connectivity index is 2.08. The van der Waals surface area contributed by atoms with Gasteiger partial charge in [-0.2, -0.15) is 0 Å². The summed E-state index contributed by atoms with van der Waals surface area (Å²) < 4.78 is 4.65. The van der Waals surface area contributed by atoms with Gasteiger partial charge in [-0.3, -0.25) is 9.59 Å². The minimum absolute atomic E-state index is 0.0808. The van der Waals surface area contributed by atoms with Crippen LogP contribution in [-0.2, 0) is 20.9 Å². The van der Waals surface area contributed by atoms with Crippen LogP contribution in [0, 0.1) is 0 Å². The molecule has 0 spiro atoms. The summed E-state index contributed by atoms with van der Waals surface area (Å²) in [6.45, 7) is -0.346. The van der Waals surface area contributed by atoms with Gasteiger partial charge in [0.1, 0.15) is 19.2 Å². The molecule has 1 unspecified atom stereocenters. The number of aliphatic carboxylic acids is 1. The van der Waals surface area contributed by atoms with E-state index >= 15 is 0 Å². The molecule has 0 radical (unpaired) electrons. The predicted octanol–water partition coefficient (Wildman–Crippen LogP) is 0.208. The SMILES string of the molecule is O=C(O)CN(Cc1ccccc1)C(=O)C1COC(=O)N1. The quantitative estimate of drug-likeness (QED) is 0.802. The van der Waals surface area contributed by atoms with Crippen molar-refractivity contribution in [1.82, 2.24) is 10.2 Å². The van der Waals surface area contributed by atoms with Crippen molar-refractivity contribution in [3.05, 3.63) is 35.9 Å². The average Bonchev–Trinajstić information content (AvgIpc) is 2.84. The van der Waals surface area contributed by atoms with E-state index in [2.05, 4.69) is 10.1 Å². The summed E-state index contributed by atoms with van der Waals surface area (Å²) in [5.41, 5.74) is 0.812. The van der Waals surface area contributed by atoms with Crippen LogP contribution in [0.4, 0.5) is 4.79 Å². The van der Waals surface area contributed by atoms with E-state index in [0.717, 1.165) is 5.56 Å². The Morgan fingerprint density at radius 3 is 2.60 bits per heavy atom. The standard InChI is InChI=1S/C13H14N2O5/c16-11(17)7-15(6-9-4-2-1-3-5-9)12(18)10-8-20-13(19)14-10/h1-5,10H,6-8H2,(H,14,19)(H,16,17). The second-order valence-electron chi connectivity index (χ2n) is 4.37. The first kappa shape index (κ1) is 13.9. The van der Waals surface area contributed by atoms with E-state index < -0.39 is 30.6 Å². The molecule has 2 amide bonds. The van der Waals surface area contributed by atoms with Gasteiger partial charge in [-0.1, -0.05) is 30.3 Å². The van der Waals surface area contributed by atoms with E-state index in [1.54, 1.807) is 24.3 Å². The highest BCUT2D eigenvalue weighted by atomic mass is 16.6. The van der Waals surface area contributed by atoms with Gasteiger partial charge in [0.15, 0.2) is 0 Å². The van der Waals surface area contributed by atoms with Crippen molar-refractivity contribution >= 4 is 18.0 Å². The van der Waals surface area contributed by atoms with E-state index in [0.29, 0.717) is 0 Å². The zero-order valence-corrected chi connectivity index (χ0v) is 10.6. The maximum atomic E-state index is 12.2. The molecule has 7 nitrogen and oxygen atoms in total. The highest BCUT2D eigenvalue weighted by Gasteiger charge is 2.33. The first-order valence-corrected chi connectivity index (χ1v) is 6.04. The number of carbonyl (C=O) groups excluding carboxylic acids is 2. The fourth-order valence-electron chi connectivity index (χ4n) is 1.92. The van der Waals surface area contributed by atoms with Crippen LogP contribution in [0.1, 0.15) is 5.56 Å². The number of hydrogen-bond acceptors (Lipinski definition) is 4. The lowest BCUT2D eigenvalue weighted by atomic mass is 10.2. The lowest BCUT2D eigenvalue weighted by Gasteiger charge is -2.23. The Morgan fingerprint density at radius 2 is 2.05 bits per heavy atom. The summed E-state index contributed by atoms with van der Waals surface area (Å²) in [5, 5.41) is 11.2. The molecule has 1 aromatic carbocycles. The molecule has 1 fully saturated rings. The molecule has 1 aromatic rings. The van der Waals surface area contributed by atoms with Crippen LogP contribution < -0.4 is 5.32 Å². The van der Waals surface area contributed by atoms with Gasteiger partial charge < -0.3 is 20.1 Å². The molecule has 0 saturated carbocycles. The summed E-state index contributed by atoms with van der Waals surface area (Å²) in [4.78, 5) is 35.2. The first-order valence-electron chi connectivity index (χ1n) is 6.04. The number of benzene rings is 1. The predicted molar refractivity (Wildman–Crippen MR) is 67.8 cm³/mol. The third kappa shape index (κ3) is 3.47. The molecule has 1 saturated heterocycles. The van der Waals surface area contributed by atoms with Crippen molar-refractivity contribution in [1.29, 1.82) is 0 Å². The van der Waals surface area contributed by atoms with Gasteiger partial charge in [-0.05, 0) is 5.56 Å². The maximum absolute atomic E-state index is 12.2. The number of nitrogens with one attached hydrogen (secondary N) is 1. The smallest absolute Gasteiger partial charge is 0.407 e. The normalized spacial score (nSPS) is 17.2. The van der Waals surface area contributed by atoms with E-state index in [1.165, 1.54) is 4.90 Å². The fraction of sp³-hybridized carbons (Fsp3) is 0.308. The highest BCUT2D eigenvalue weighted by molar-refractivity contribution is 5.89. The Hall–Kier alpha value is -2.57. The van der Waals surface area contributed by atoms with Gasteiger partial charge in [-0.15, -0.1) is 0 Å².